The molecule has 0 atom stereocenters. The molecule has 1 aromatic carbocycles. The average Bonchev–Trinajstić information content (AvgIpc) is 2.74. The lowest BCUT2D eigenvalue weighted by Crippen LogP contribution is -2.49. The van der Waals surface area contributed by atoms with Crippen molar-refractivity contribution in [3.05, 3.63) is 46.6 Å². The van der Waals surface area contributed by atoms with Gasteiger partial charge in [0.25, 0.3) is 5.91 Å². The third-order valence-electron chi connectivity index (χ3n) is 5.74. The van der Waals surface area contributed by atoms with Crippen LogP contribution in [0, 0.1) is 6.92 Å². The first-order valence-corrected chi connectivity index (χ1v) is 10.9. The van der Waals surface area contributed by atoms with Crippen LogP contribution in [0.2, 0.25) is 5.02 Å². The third kappa shape index (κ3) is 4.99. The molecule has 2 fully saturated rings. The standard InChI is InChI=1S/C22H28ClN5O/c1-16-14-20(26-22(24-16)25-19-8-3-2-4-9-19)27-10-12-28(13-11-27)21(29)17-6-5-7-18(23)15-17/h5-7,14-15,19H,2-4,8-13H2,1H3,(H,24,25,26). The van der Waals surface area contributed by atoms with Crippen LogP contribution < -0.4 is 10.2 Å². The highest BCUT2D eigenvalue weighted by Gasteiger charge is 2.24. The van der Waals surface area contributed by atoms with Crippen molar-refractivity contribution in [3.8, 4) is 0 Å². The lowest BCUT2D eigenvalue weighted by molar-refractivity contribution is 0.0746. The van der Waals surface area contributed by atoms with Crippen LogP contribution in [0.5, 0.6) is 0 Å². The summed E-state index contributed by atoms with van der Waals surface area (Å²) in [4.78, 5) is 26.2. The van der Waals surface area contributed by atoms with Crippen LogP contribution in [-0.4, -0.2) is 53.0 Å². The molecule has 1 N–H and O–H groups in total. The number of hydrogen-bond acceptors (Lipinski definition) is 5. The number of carbonyl (C=O) groups excluding carboxylic acids is 1. The van der Waals surface area contributed by atoms with Crippen LogP contribution >= 0.6 is 11.6 Å². The molecule has 2 aromatic rings. The number of hydrogen-bond donors (Lipinski definition) is 1. The van der Waals surface area contributed by atoms with Crippen molar-refractivity contribution in [2.45, 2.75) is 45.1 Å². The van der Waals surface area contributed by atoms with E-state index in [-0.39, 0.29) is 5.91 Å². The van der Waals surface area contributed by atoms with Gasteiger partial charge in [0, 0.05) is 54.6 Å². The third-order valence-corrected chi connectivity index (χ3v) is 5.98. The SMILES string of the molecule is Cc1cc(N2CCN(C(=O)c3cccc(Cl)c3)CC2)nc(NC2CCCCC2)n1. The van der Waals surface area contributed by atoms with E-state index in [0.29, 0.717) is 29.7 Å². The number of aromatic nitrogens is 2. The molecule has 1 amide bonds. The summed E-state index contributed by atoms with van der Waals surface area (Å²) in [7, 11) is 0. The number of aryl methyl sites for hydroxylation is 1. The maximum atomic E-state index is 12.7. The minimum Gasteiger partial charge on any atom is -0.353 e. The minimum atomic E-state index is 0.0330. The summed E-state index contributed by atoms with van der Waals surface area (Å²) in [5.74, 6) is 1.70. The van der Waals surface area contributed by atoms with E-state index in [1.165, 1.54) is 32.1 Å². The highest BCUT2D eigenvalue weighted by atomic mass is 35.5. The zero-order valence-electron chi connectivity index (χ0n) is 16.9. The Kier molecular flexibility index (Phi) is 6.19. The van der Waals surface area contributed by atoms with Gasteiger partial charge in [0.1, 0.15) is 5.82 Å². The Morgan fingerprint density at radius 3 is 2.55 bits per heavy atom. The first kappa shape index (κ1) is 20.0. The molecule has 1 saturated carbocycles. The van der Waals surface area contributed by atoms with Crippen LogP contribution in [0.25, 0.3) is 0 Å². The van der Waals surface area contributed by atoms with Crippen molar-refractivity contribution >= 4 is 29.3 Å². The summed E-state index contributed by atoms with van der Waals surface area (Å²) < 4.78 is 0. The molecule has 1 aliphatic carbocycles. The Hall–Kier alpha value is -2.34. The zero-order chi connectivity index (χ0) is 20.2. The Morgan fingerprint density at radius 2 is 1.83 bits per heavy atom. The first-order valence-electron chi connectivity index (χ1n) is 10.5. The molecule has 6 nitrogen and oxygen atoms in total. The summed E-state index contributed by atoms with van der Waals surface area (Å²) in [6, 6.07) is 9.65. The molecule has 154 valence electrons. The van der Waals surface area contributed by atoms with Gasteiger partial charge in [-0.2, -0.15) is 4.98 Å². The van der Waals surface area contributed by atoms with Gasteiger partial charge < -0.3 is 15.1 Å². The van der Waals surface area contributed by atoms with E-state index in [0.717, 1.165) is 30.5 Å². The normalized spacial score (nSPS) is 18.0. The Labute approximate surface area is 177 Å². The van der Waals surface area contributed by atoms with Gasteiger partial charge in [-0.15, -0.1) is 0 Å². The largest absolute Gasteiger partial charge is 0.353 e. The second-order valence-corrected chi connectivity index (χ2v) is 8.40. The Bertz CT molecular complexity index is 860. The summed E-state index contributed by atoms with van der Waals surface area (Å²) in [5.41, 5.74) is 1.61. The predicted molar refractivity (Wildman–Crippen MR) is 117 cm³/mol. The summed E-state index contributed by atoms with van der Waals surface area (Å²) in [5, 5.41) is 4.12. The van der Waals surface area contributed by atoms with E-state index < -0.39 is 0 Å². The molecular weight excluding hydrogens is 386 g/mol. The smallest absolute Gasteiger partial charge is 0.254 e. The number of benzene rings is 1. The van der Waals surface area contributed by atoms with Gasteiger partial charge in [-0.1, -0.05) is 36.9 Å². The fraction of sp³-hybridized carbons (Fsp3) is 0.500. The molecule has 1 aromatic heterocycles. The fourth-order valence-electron chi connectivity index (χ4n) is 4.15. The van der Waals surface area contributed by atoms with Crippen LogP contribution in [0.1, 0.15) is 48.2 Å². The van der Waals surface area contributed by atoms with Crippen LogP contribution in [0.4, 0.5) is 11.8 Å². The number of carbonyl (C=O) groups is 1. The number of halogens is 1. The first-order chi connectivity index (χ1) is 14.1. The number of rotatable bonds is 4. The molecule has 0 radical (unpaired) electrons. The molecular formula is C22H28ClN5O. The van der Waals surface area contributed by atoms with Crippen LogP contribution in [-0.2, 0) is 0 Å². The van der Waals surface area contributed by atoms with Crippen LogP contribution in [0.15, 0.2) is 30.3 Å². The summed E-state index contributed by atoms with van der Waals surface area (Å²) in [6.45, 7) is 4.85. The quantitative estimate of drug-likeness (QED) is 0.815. The van der Waals surface area contributed by atoms with Crippen LogP contribution in [0.3, 0.4) is 0 Å². The molecule has 4 rings (SSSR count). The topological polar surface area (TPSA) is 61.4 Å². The molecule has 1 aliphatic heterocycles. The molecule has 29 heavy (non-hydrogen) atoms. The minimum absolute atomic E-state index is 0.0330. The van der Waals surface area contributed by atoms with Crippen molar-refractivity contribution < 1.29 is 4.79 Å². The second kappa shape index (κ2) is 8.99. The molecule has 0 unspecified atom stereocenters. The predicted octanol–water partition coefficient (Wildman–Crippen LogP) is 4.15. The summed E-state index contributed by atoms with van der Waals surface area (Å²) in [6.07, 6.45) is 6.27. The second-order valence-electron chi connectivity index (χ2n) is 7.96. The van der Waals surface area contributed by atoms with E-state index in [1.54, 1.807) is 12.1 Å². The van der Waals surface area contributed by atoms with E-state index >= 15 is 0 Å². The van der Waals surface area contributed by atoms with E-state index in [2.05, 4.69) is 15.2 Å². The van der Waals surface area contributed by atoms with Crippen molar-refractivity contribution in [2.24, 2.45) is 0 Å². The van der Waals surface area contributed by atoms with E-state index in [9.17, 15) is 4.79 Å². The average molecular weight is 414 g/mol. The lowest BCUT2D eigenvalue weighted by atomic mass is 9.96. The van der Waals surface area contributed by atoms with Gasteiger partial charge >= 0.3 is 0 Å². The molecule has 1 saturated heterocycles. The van der Waals surface area contributed by atoms with Gasteiger partial charge in [0.05, 0.1) is 0 Å². The van der Waals surface area contributed by atoms with Gasteiger partial charge in [0.15, 0.2) is 0 Å². The number of anilines is 2. The highest BCUT2D eigenvalue weighted by Crippen LogP contribution is 2.23. The van der Waals surface area contributed by atoms with Crippen molar-refractivity contribution in [1.29, 1.82) is 0 Å². The zero-order valence-corrected chi connectivity index (χ0v) is 17.7. The Balaban J connectivity index is 1.39. The molecule has 7 heteroatoms. The van der Waals surface area contributed by atoms with Crippen molar-refractivity contribution in [3.63, 3.8) is 0 Å². The number of piperazine rings is 1. The van der Waals surface area contributed by atoms with E-state index in [1.807, 2.05) is 30.0 Å². The molecule has 0 bridgehead atoms. The van der Waals surface area contributed by atoms with Gasteiger partial charge in [0.2, 0.25) is 5.95 Å². The van der Waals surface area contributed by atoms with Crippen molar-refractivity contribution in [2.75, 3.05) is 36.4 Å². The maximum Gasteiger partial charge on any atom is 0.254 e. The highest BCUT2D eigenvalue weighted by molar-refractivity contribution is 6.30. The molecule has 2 aliphatic rings. The lowest BCUT2D eigenvalue weighted by Gasteiger charge is -2.35. The van der Waals surface area contributed by atoms with Gasteiger partial charge in [-0.3, -0.25) is 4.79 Å². The van der Waals surface area contributed by atoms with E-state index in [4.69, 9.17) is 16.6 Å². The number of nitrogens with one attached hydrogen (secondary N) is 1. The Morgan fingerprint density at radius 1 is 1.07 bits per heavy atom. The molecule has 2 heterocycles. The van der Waals surface area contributed by atoms with Gasteiger partial charge in [-0.05, 0) is 38.0 Å². The number of nitrogens with zero attached hydrogens (tertiary/aromatic N) is 4. The fourth-order valence-corrected chi connectivity index (χ4v) is 4.34. The summed E-state index contributed by atoms with van der Waals surface area (Å²) >= 11 is 6.03. The monoisotopic (exact) mass is 413 g/mol. The number of amides is 1. The maximum absolute atomic E-state index is 12.7. The van der Waals surface area contributed by atoms with Gasteiger partial charge in [-0.25, -0.2) is 4.98 Å². The van der Waals surface area contributed by atoms with Crippen molar-refractivity contribution in [1.82, 2.24) is 14.9 Å². The molecule has 0 spiro atoms.